The van der Waals surface area contributed by atoms with Gasteiger partial charge in [0, 0.05) is 31.5 Å². The van der Waals surface area contributed by atoms with Crippen molar-refractivity contribution in [3.63, 3.8) is 0 Å². The van der Waals surface area contributed by atoms with Gasteiger partial charge in [0.15, 0.2) is 11.0 Å². The zero-order valence-corrected chi connectivity index (χ0v) is 18.2. The number of hydrogen-bond acceptors (Lipinski definition) is 5. The molecule has 0 spiro atoms. The molecule has 0 radical (unpaired) electrons. The van der Waals surface area contributed by atoms with Gasteiger partial charge in [-0.3, -0.25) is 0 Å². The van der Waals surface area contributed by atoms with Crippen LogP contribution in [0.15, 0.2) is 58.6 Å². The standard InChI is InChI=1S/C20H23FN4O2S2/c1-4-25(5-2)29(26,27)18-11-7-9-16(13-18)19-22-23-20(24(19)3)28-14-15-8-6-10-17(21)12-15/h6-13H,4-5,14H2,1-3H3. The fourth-order valence-corrected chi connectivity index (χ4v) is 5.33. The number of rotatable bonds is 8. The summed E-state index contributed by atoms with van der Waals surface area (Å²) in [5.74, 6) is 0.858. The quantitative estimate of drug-likeness (QED) is 0.502. The first-order valence-electron chi connectivity index (χ1n) is 9.24. The maximum atomic E-state index is 13.3. The van der Waals surface area contributed by atoms with Crippen LogP contribution in [0.5, 0.6) is 0 Å². The van der Waals surface area contributed by atoms with E-state index in [0.29, 0.717) is 35.4 Å². The lowest BCUT2D eigenvalue weighted by atomic mass is 10.2. The summed E-state index contributed by atoms with van der Waals surface area (Å²) in [4.78, 5) is 0.232. The van der Waals surface area contributed by atoms with Gasteiger partial charge >= 0.3 is 0 Å². The van der Waals surface area contributed by atoms with Gasteiger partial charge in [-0.25, -0.2) is 12.8 Å². The molecule has 3 rings (SSSR count). The molecule has 3 aromatic rings. The molecule has 2 aromatic carbocycles. The van der Waals surface area contributed by atoms with Crippen LogP contribution in [0.2, 0.25) is 0 Å². The van der Waals surface area contributed by atoms with Gasteiger partial charge in [-0.2, -0.15) is 4.31 Å². The molecule has 0 bridgehead atoms. The first-order valence-corrected chi connectivity index (χ1v) is 11.7. The second-order valence-corrected chi connectivity index (χ2v) is 9.28. The van der Waals surface area contributed by atoms with Crippen LogP contribution < -0.4 is 0 Å². The first kappa shape index (κ1) is 21.5. The lowest BCUT2D eigenvalue weighted by Crippen LogP contribution is -2.30. The van der Waals surface area contributed by atoms with Crippen molar-refractivity contribution < 1.29 is 12.8 Å². The minimum atomic E-state index is -3.55. The topological polar surface area (TPSA) is 68.1 Å². The van der Waals surface area contributed by atoms with Crippen LogP contribution in [-0.4, -0.2) is 40.6 Å². The van der Waals surface area contributed by atoms with E-state index in [0.717, 1.165) is 5.56 Å². The Morgan fingerprint density at radius 3 is 2.48 bits per heavy atom. The fourth-order valence-electron chi connectivity index (χ4n) is 2.97. The third-order valence-corrected chi connectivity index (χ3v) is 7.66. The van der Waals surface area contributed by atoms with Crippen molar-refractivity contribution in [2.45, 2.75) is 29.7 Å². The summed E-state index contributed by atoms with van der Waals surface area (Å²) < 4.78 is 42.2. The molecule has 0 aliphatic rings. The molecule has 154 valence electrons. The summed E-state index contributed by atoms with van der Waals surface area (Å²) >= 11 is 1.44. The van der Waals surface area contributed by atoms with Crippen molar-refractivity contribution >= 4 is 21.8 Å². The number of aromatic nitrogens is 3. The molecule has 0 saturated heterocycles. The van der Waals surface area contributed by atoms with Gasteiger partial charge in [0.25, 0.3) is 0 Å². The number of nitrogens with zero attached hydrogens (tertiary/aromatic N) is 4. The monoisotopic (exact) mass is 434 g/mol. The molecule has 0 aliphatic heterocycles. The lowest BCUT2D eigenvalue weighted by Gasteiger charge is -2.18. The maximum Gasteiger partial charge on any atom is 0.243 e. The van der Waals surface area contributed by atoms with Gasteiger partial charge in [-0.15, -0.1) is 10.2 Å². The third kappa shape index (κ3) is 4.68. The SMILES string of the molecule is CCN(CC)S(=O)(=O)c1cccc(-c2nnc(SCc3cccc(F)c3)n2C)c1. The van der Waals surface area contributed by atoms with E-state index in [1.165, 1.54) is 28.2 Å². The van der Waals surface area contributed by atoms with Gasteiger partial charge in [-0.1, -0.05) is 49.9 Å². The van der Waals surface area contributed by atoms with Crippen molar-refractivity contribution in [2.75, 3.05) is 13.1 Å². The van der Waals surface area contributed by atoms with E-state index in [-0.39, 0.29) is 10.7 Å². The van der Waals surface area contributed by atoms with Crippen molar-refractivity contribution in [1.29, 1.82) is 0 Å². The van der Waals surface area contributed by atoms with E-state index in [1.54, 1.807) is 24.3 Å². The Morgan fingerprint density at radius 2 is 1.79 bits per heavy atom. The predicted molar refractivity (Wildman–Crippen MR) is 113 cm³/mol. The molecule has 0 N–H and O–H groups in total. The average molecular weight is 435 g/mol. The van der Waals surface area contributed by atoms with E-state index in [4.69, 9.17) is 0 Å². The van der Waals surface area contributed by atoms with Gasteiger partial charge in [0.2, 0.25) is 10.0 Å². The Balaban J connectivity index is 1.85. The van der Waals surface area contributed by atoms with Crippen molar-refractivity contribution in [3.8, 4) is 11.4 Å². The second kappa shape index (κ2) is 9.06. The largest absolute Gasteiger partial charge is 0.305 e. The Morgan fingerprint density at radius 1 is 1.07 bits per heavy atom. The molecule has 1 aromatic heterocycles. The van der Waals surface area contributed by atoms with Crippen LogP contribution >= 0.6 is 11.8 Å². The summed E-state index contributed by atoms with van der Waals surface area (Å²) in [6, 6.07) is 13.2. The summed E-state index contributed by atoms with van der Waals surface area (Å²) in [6.07, 6.45) is 0. The van der Waals surface area contributed by atoms with Crippen LogP contribution in [0, 0.1) is 5.82 Å². The molecule has 0 amide bonds. The number of thioether (sulfide) groups is 1. The summed E-state index contributed by atoms with van der Waals surface area (Å²) in [6.45, 7) is 4.45. The van der Waals surface area contributed by atoms with Crippen LogP contribution in [0.25, 0.3) is 11.4 Å². The van der Waals surface area contributed by atoms with E-state index < -0.39 is 10.0 Å². The zero-order valence-electron chi connectivity index (χ0n) is 16.5. The molecule has 0 saturated carbocycles. The zero-order chi connectivity index (χ0) is 21.0. The molecule has 0 unspecified atom stereocenters. The Labute approximate surface area is 174 Å². The van der Waals surface area contributed by atoms with Crippen molar-refractivity contribution in [2.24, 2.45) is 7.05 Å². The van der Waals surface area contributed by atoms with Crippen molar-refractivity contribution in [3.05, 3.63) is 59.9 Å². The highest BCUT2D eigenvalue weighted by Gasteiger charge is 2.22. The minimum absolute atomic E-state index is 0.232. The average Bonchev–Trinajstić information content (AvgIpc) is 3.08. The number of hydrogen-bond donors (Lipinski definition) is 0. The molecular weight excluding hydrogens is 411 g/mol. The number of benzene rings is 2. The Kier molecular flexibility index (Phi) is 6.71. The molecule has 9 heteroatoms. The predicted octanol–water partition coefficient (Wildman–Crippen LogP) is 3.94. The van der Waals surface area contributed by atoms with E-state index in [1.807, 2.05) is 37.6 Å². The molecule has 6 nitrogen and oxygen atoms in total. The van der Waals surface area contributed by atoms with Gasteiger partial charge in [0.05, 0.1) is 4.90 Å². The molecule has 29 heavy (non-hydrogen) atoms. The van der Waals surface area contributed by atoms with Crippen LogP contribution in [0.3, 0.4) is 0 Å². The summed E-state index contributed by atoms with van der Waals surface area (Å²) in [5.41, 5.74) is 1.53. The number of halogens is 1. The van der Waals surface area contributed by atoms with Crippen LogP contribution in [0.1, 0.15) is 19.4 Å². The maximum absolute atomic E-state index is 13.3. The second-order valence-electron chi connectivity index (χ2n) is 6.40. The van der Waals surface area contributed by atoms with E-state index >= 15 is 0 Å². The van der Waals surface area contributed by atoms with Gasteiger partial charge < -0.3 is 4.57 Å². The molecular formula is C20H23FN4O2S2. The lowest BCUT2D eigenvalue weighted by molar-refractivity contribution is 0.445. The molecule has 0 atom stereocenters. The van der Waals surface area contributed by atoms with E-state index in [9.17, 15) is 12.8 Å². The summed E-state index contributed by atoms with van der Waals surface area (Å²) in [7, 11) is -1.72. The molecule has 0 fully saturated rings. The molecule has 1 heterocycles. The fraction of sp³-hybridized carbons (Fsp3) is 0.300. The summed E-state index contributed by atoms with van der Waals surface area (Å²) in [5, 5.41) is 9.11. The van der Waals surface area contributed by atoms with E-state index in [2.05, 4.69) is 10.2 Å². The highest BCUT2D eigenvalue weighted by molar-refractivity contribution is 7.98. The third-order valence-electron chi connectivity index (χ3n) is 4.53. The van der Waals surface area contributed by atoms with Crippen molar-refractivity contribution in [1.82, 2.24) is 19.1 Å². The minimum Gasteiger partial charge on any atom is -0.305 e. The van der Waals surface area contributed by atoms with Crippen LogP contribution in [-0.2, 0) is 22.8 Å². The van der Waals surface area contributed by atoms with Gasteiger partial charge in [0.1, 0.15) is 5.82 Å². The molecule has 0 aliphatic carbocycles. The number of sulfonamides is 1. The smallest absolute Gasteiger partial charge is 0.243 e. The highest BCUT2D eigenvalue weighted by atomic mass is 32.2. The first-order chi connectivity index (χ1) is 13.9. The Bertz CT molecular complexity index is 1100. The normalized spacial score (nSPS) is 11.9. The van der Waals surface area contributed by atoms with Gasteiger partial charge in [-0.05, 0) is 29.8 Å². The highest BCUT2D eigenvalue weighted by Crippen LogP contribution is 2.27. The van der Waals surface area contributed by atoms with Crippen LogP contribution in [0.4, 0.5) is 4.39 Å². The Hall–Kier alpha value is -2.23.